The lowest BCUT2D eigenvalue weighted by molar-refractivity contribution is 0.810. The Labute approximate surface area is 166 Å². The summed E-state index contributed by atoms with van der Waals surface area (Å²) in [7, 11) is 0. The van der Waals surface area contributed by atoms with Crippen molar-refractivity contribution in [2.45, 2.75) is 26.2 Å². The number of hydrogen-bond donors (Lipinski definition) is 1. The van der Waals surface area contributed by atoms with Gasteiger partial charge in [0.25, 0.3) is 0 Å². The Morgan fingerprint density at radius 3 is 1.77 bits per heavy atom. The van der Waals surface area contributed by atoms with Crippen LogP contribution in [0.2, 0.25) is 16.4 Å². The Kier molecular flexibility index (Phi) is 6.08. The van der Waals surface area contributed by atoms with Crippen LogP contribution in [0.3, 0.4) is 0 Å². The van der Waals surface area contributed by atoms with E-state index in [1.54, 1.807) is 0 Å². The zero-order chi connectivity index (χ0) is 18.7. The van der Waals surface area contributed by atoms with E-state index in [0.29, 0.717) is 0 Å². The van der Waals surface area contributed by atoms with Crippen LogP contribution in [-0.2, 0) is 0 Å². The van der Waals surface area contributed by atoms with Gasteiger partial charge in [-0.1, -0.05) is 88.7 Å². The van der Waals surface area contributed by atoms with Crippen molar-refractivity contribution in [1.82, 2.24) is 0 Å². The fraction of sp³-hybridized carbons (Fsp3) is 0.182. The standard InChI is InChI=1S/C22H22BCl2N/c1-15-8-10-18(12-20(15)24)23(19-11-9-16(2)21(25)13-19)14-22(26)17-6-4-3-5-7-17/h3-13,22H,14,26H2,1-2H3. The van der Waals surface area contributed by atoms with E-state index in [0.717, 1.165) is 44.0 Å². The van der Waals surface area contributed by atoms with Gasteiger partial charge in [-0.15, -0.1) is 0 Å². The molecule has 0 aromatic heterocycles. The van der Waals surface area contributed by atoms with Gasteiger partial charge in [-0.05, 0) is 49.0 Å². The first kappa shape index (κ1) is 19.0. The molecule has 4 heteroatoms. The fourth-order valence-electron chi connectivity index (χ4n) is 3.21. The Morgan fingerprint density at radius 1 is 0.808 bits per heavy atom. The van der Waals surface area contributed by atoms with Crippen molar-refractivity contribution < 1.29 is 0 Å². The Balaban J connectivity index is 2.00. The summed E-state index contributed by atoms with van der Waals surface area (Å²) in [4.78, 5) is 0. The largest absolute Gasteiger partial charge is 0.324 e. The lowest BCUT2D eigenvalue weighted by Gasteiger charge is -2.21. The minimum Gasteiger partial charge on any atom is -0.324 e. The molecule has 132 valence electrons. The van der Waals surface area contributed by atoms with Gasteiger partial charge in [0, 0.05) is 16.1 Å². The Bertz CT molecular complexity index is 844. The molecule has 0 spiro atoms. The molecule has 3 aromatic rings. The van der Waals surface area contributed by atoms with Crippen LogP contribution in [0.15, 0.2) is 66.7 Å². The molecule has 1 unspecified atom stereocenters. The highest BCUT2D eigenvalue weighted by Gasteiger charge is 2.24. The number of nitrogens with two attached hydrogens (primary N) is 1. The maximum absolute atomic E-state index is 6.54. The molecule has 26 heavy (non-hydrogen) atoms. The number of hydrogen-bond acceptors (Lipinski definition) is 1. The SMILES string of the molecule is Cc1ccc(B(CC(N)c2ccccc2)c2ccc(C)c(Cl)c2)cc1Cl. The monoisotopic (exact) mass is 381 g/mol. The lowest BCUT2D eigenvalue weighted by Crippen LogP contribution is -2.44. The van der Waals surface area contributed by atoms with E-state index in [9.17, 15) is 0 Å². The number of rotatable bonds is 5. The highest BCUT2D eigenvalue weighted by atomic mass is 35.5. The minimum atomic E-state index is -0.0682. The van der Waals surface area contributed by atoms with Crippen molar-refractivity contribution in [2.75, 3.05) is 0 Å². The summed E-state index contributed by atoms with van der Waals surface area (Å²) in [5.74, 6) is 0. The molecule has 0 amide bonds. The van der Waals surface area contributed by atoms with Gasteiger partial charge in [0.15, 0.2) is 0 Å². The first-order chi connectivity index (χ1) is 12.5. The normalized spacial score (nSPS) is 12.0. The van der Waals surface area contributed by atoms with Gasteiger partial charge in [0.1, 0.15) is 0 Å². The number of aryl methyl sites for hydroxylation is 2. The van der Waals surface area contributed by atoms with Crippen LogP contribution < -0.4 is 16.7 Å². The smallest absolute Gasteiger partial charge is 0.211 e. The summed E-state index contributed by atoms with van der Waals surface area (Å²) in [6.07, 6.45) is 0.781. The average molecular weight is 382 g/mol. The molecule has 0 fully saturated rings. The van der Waals surface area contributed by atoms with Crippen LogP contribution >= 0.6 is 23.2 Å². The van der Waals surface area contributed by atoms with E-state index in [-0.39, 0.29) is 12.8 Å². The Hall–Kier alpha value is -1.74. The molecule has 1 atom stereocenters. The summed E-state index contributed by atoms with van der Waals surface area (Å²) in [5.41, 5.74) is 12.1. The lowest BCUT2D eigenvalue weighted by atomic mass is 9.37. The van der Waals surface area contributed by atoms with Gasteiger partial charge in [-0.2, -0.15) is 0 Å². The molecule has 3 aromatic carbocycles. The molecule has 0 aliphatic rings. The van der Waals surface area contributed by atoms with Crippen molar-refractivity contribution in [3.8, 4) is 0 Å². The third-order valence-electron chi connectivity index (χ3n) is 4.91. The first-order valence-corrected chi connectivity index (χ1v) is 9.54. The second kappa shape index (κ2) is 8.31. The molecule has 0 heterocycles. The van der Waals surface area contributed by atoms with Crippen molar-refractivity contribution in [3.05, 3.63) is 93.5 Å². The summed E-state index contributed by atoms with van der Waals surface area (Å²) in [6, 6.07) is 22.6. The van der Waals surface area contributed by atoms with Crippen molar-refractivity contribution in [1.29, 1.82) is 0 Å². The molecule has 0 saturated heterocycles. The molecule has 0 radical (unpaired) electrons. The molecule has 0 aliphatic heterocycles. The van der Waals surface area contributed by atoms with Crippen LogP contribution in [0.5, 0.6) is 0 Å². The van der Waals surface area contributed by atoms with Gasteiger partial charge in [-0.3, -0.25) is 0 Å². The fourth-order valence-corrected chi connectivity index (χ4v) is 3.58. The van der Waals surface area contributed by atoms with E-state index in [1.807, 2.05) is 44.2 Å². The van der Waals surface area contributed by atoms with E-state index < -0.39 is 0 Å². The predicted octanol–water partition coefficient (Wildman–Crippen LogP) is 4.92. The highest BCUT2D eigenvalue weighted by molar-refractivity contribution is 6.85. The van der Waals surface area contributed by atoms with Crippen LogP contribution in [0, 0.1) is 13.8 Å². The molecule has 3 rings (SSSR count). The molecule has 0 aliphatic carbocycles. The first-order valence-electron chi connectivity index (χ1n) is 8.78. The zero-order valence-electron chi connectivity index (χ0n) is 15.0. The minimum absolute atomic E-state index is 0.0682. The maximum atomic E-state index is 6.54. The van der Waals surface area contributed by atoms with Crippen molar-refractivity contribution in [3.63, 3.8) is 0 Å². The third kappa shape index (κ3) is 4.32. The van der Waals surface area contributed by atoms with Gasteiger partial charge < -0.3 is 5.73 Å². The van der Waals surface area contributed by atoms with Crippen LogP contribution in [0.4, 0.5) is 0 Å². The van der Waals surface area contributed by atoms with Crippen LogP contribution in [-0.4, -0.2) is 6.71 Å². The third-order valence-corrected chi connectivity index (χ3v) is 5.73. The van der Waals surface area contributed by atoms with Crippen LogP contribution in [0.25, 0.3) is 0 Å². The second-order valence-electron chi connectivity index (χ2n) is 6.82. The highest BCUT2D eigenvalue weighted by Crippen LogP contribution is 2.20. The molecule has 2 N–H and O–H groups in total. The van der Waals surface area contributed by atoms with E-state index in [1.165, 1.54) is 0 Å². The van der Waals surface area contributed by atoms with E-state index in [4.69, 9.17) is 28.9 Å². The summed E-state index contributed by atoms with van der Waals surface area (Å²) in [6.45, 7) is 4.15. The summed E-state index contributed by atoms with van der Waals surface area (Å²) < 4.78 is 0. The molecule has 0 bridgehead atoms. The quantitative estimate of drug-likeness (QED) is 0.623. The van der Waals surface area contributed by atoms with Gasteiger partial charge in [-0.25, -0.2) is 0 Å². The number of halogens is 2. The summed E-state index contributed by atoms with van der Waals surface area (Å²) in [5, 5.41) is 1.55. The van der Waals surface area contributed by atoms with E-state index in [2.05, 4.69) is 36.4 Å². The molecular weight excluding hydrogens is 360 g/mol. The maximum Gasteiger partial charge on any atom is 0.211 e. The van der Waals surface area contributed by atoms with Gasteiger partial charge >= 0.3 is 0 Å². The zero-order valence-corrected chi connectivity index (χ0v) is 16.6. The van der Waals surface area contributed by atoms with Gasteiger partial charge in [0.05, 0.1) is 0 Å². The topological polar surface area (TPSA) is 26.0 Å². The molecule has 0 saturated carbocycles. The van der Waals surface area contributed by atoms with E-state index >= 15 is 0 Å². The molecule has 1 nitrogen and oxygen atoms in total. The average Bonchev–Trinajstić information content (AvgIpc) is 2.65. The predicted molar refractivity (Wildman–Crippen MR) is 116 cm³/mol. The summed E-state index contributed by atoms with van der Waals surface area (Å²) >= 11 is 12.8. The number of benzene rings is 3. The Morgan fingerprint density at radius 2 is 1.31 bits per heavy atom. The second-order valence-corrected chi connectivity index (χ2v) is 7.64. The van der Waals surface area contributed by atoms with Crippen LogP contribution in [0.1, 0.15) is 22.7 Å². The van der Waals surface area contributed by atoms with Crippen molar-refractivity contribution in [2.24, 2.45) is 5.73 Å². The van der Waals surface area contributed by atoms with Gasteiger partial charge in [0.2, 0.25) is 6.71 Å². The molecular formula is C22H22BCl2N. The van der Waals surface area contributed by atoms with Crippen molar-refractivity contribution >= 4 is 40.8 Å².